The van der Waals surface area contributed by atoms with E-state index in [1.54, 1.807) is 7.11 Å². The summed E-state index contributed by atoms with van der Waals surface area (Å²) in [5.41, 5.74) is 3.67. The molecular formula is C18H22ClNO. The summed E-state index contributed by atoms with van der Waals surface area (Å²) >= 11 is 6.06. The molecular weight excluding hydrogens is 282 g/mol. The summed E-state index contributed by atoms with van der Waals surface area (Å²) in [5.74, 6) is 0.692. The molecule has 0 amide bonds. The van der Waals surface area contributed by atoms with Gasteiger partial charge in [-0.2, -0.15) is 0 Å². The molecule has 3 heteroatoms. The van der Waals surface area contributed by atoms with E-state index in [1.165, 1.54) is 11.1 Å². The van der Waals surface area contributed by atoms with Gasteiger partial charge in [-0.25, -0.2) is 0 Å². The molecule has 2 aromatic carbocycles. The van der Waals surface area contributed by atoms with Gasteiger partial charge in [0.15, 0.2) is 0 Å². The lowest BCUT2D eigenvalue weighted by atomic mass is 10.0. The van der Waals surface area contributed by atoms with Gasteiger partial charge in [-0.1, -0.05) is 49.7 Å². The standard InChI is InChI=1S/C18H22ClNO/c1-4-13-6-8-14(9-7-13)17(5-2)20-15-10-11-16(19)18(12-15)21-3/h6-12,17,20H,4-5H2,1-3H3. The van der Waals surface area contributed by atoms with Crippen LogP contribution in [0, 0.1) is 0 Å². The highest BCUT2D eigenvalue weighted by atomic mass is 35.5. The van der Waals surface area contributed by atoms with Crippen molar-refractivity contribution in [2.24, 2.45) is 0 Å². The third kappa shape index (κ3) is 3.92. The number of anilines is 1. The van der Waals surface area contributed by atoms with Crippen LogP contribution >= 0.6 is 11.6 Å². The molecule has 0 heterocycles. The van der Waals surface area contributed by atoms with Crippen LogP contribution < -0.4 is 10.1 Å². The molecule has 2 nitrogen and oxygen atoms in total. The summed E-state index contributed by atoms with van der Waals surface area (Å²) in [6, 6.07) is 14.8. The SMILES string of the molecule is CCc1ccc(C(CC)Nc2ccc(Cl)c(OC)c2)cc1. The molecule has 1 atom stereocenters. The van der Waals surface area contributed by atoms with E-state index in [0.29, 0.717) is 10.8 Å². The van der Waals surface area contributed by atoms with E-state index >= 15 is 0 Å². The number of rotatable bonds is 6. The number of ether oxygens (including phenoxy) is 1. The van der Waals surface area contributed by atoms with Gasteiger partial charge in [-0.15, -0.1) is 0 Å². The molecule has 21 heavy (non-hydrogen) atoms. The molecule has 0 saturated carbocycles. The van der Waals surface area contributed by atoms with Crippen molar-refractivity contribution < 1.29 is 4.74 Å². The van der Waals surface area contributed by atoms with Gasteiger partial charge in [0.05, 0.1) is 18.2 Å². The molecule has 112 valence electrons. The van der Waals surface area contributed by atoms with Gasteiger partial charge in [0.1, 0.15) is 5.75 Å². The van der Waals surface area contributed by atoms with Crippen LogP contribution in [0.3, 0.4) is 0 Å². The van der Waals surface area contributed by atoms with Crippen molar-refractivity contribution in [3.8, 4) is 5.75 Å². The van der Waals surface area contributed by atoms with Crippen LogP contribution in [-0.2, 0) is 6.42 Å². The highest BCUT2D eigenvalue weighted by Crippen LogP contribution is 2.30. The summed E-state index contributed by atoms with van der Waals surface area (Å²) < 4.78 is 5.26. The van der Waals surface area contributed by atoms with Crippen molar-refractivity contribution in [3.63, 3.8) is 0 Å². The van der Waals surface area contributed by atoms with E-state index in [4.69, 9.17) is 16.3 Å². The largest absolute Gasteiger partial charge is 0.495 e. The molecule has 0 aliphatic carbocycles. The van der Waals surface area contributed by atoms with Gasteiger partial charge >= 0.3 is 0 Å². The maximum atomic E-state index is 6.06. The van der Waals surface area contributed by atoms with E-state index in [0.717, 1.165) is 18.5 Å². The Kier molecular flexibility index (Phi) is 5.51. The van der Waals surface area contributed by atoms with Crippen LogP contribution in [0.25, 0.3) is 0 Å². The van der Waals surface area contributed by atoms with Gasteiger partial charge in [-0.05, 0) is 36.1 Å². The van der Waals surface area contributed by atoms with Crippen LogP contribution in [0.2, 0.25) is 5.02 Å². The van der Waals surface area contributed by atoms with Gasteiger partial charge in [-0.3, -0.25) is 0 Å². The van der Waals surface area contributed by atoms with E-state index in [9.17, 15) is 0 Å². The lowest BCUT2D eigenvalue weighted by Gasteiger charge is -2.20. The van der Waals surface area contributed by atoms with Crippen molar-refractivity contribution in [1.29, 1.82) is 0 Å². The highest BCUT2D eigenvalue weighted by Gasteiger charge is 2.10. The Labute approximate surface area is 132 Å². The predicted octanol–water partition coefficient (Wildman–Crippen LogP) is 5.47. The second-order valence-corrected chi connectivity index (χ2v) is 5.46. The first-order valence-corrected chi connectivity index (χ1v) is 7.74. The van der Waals surface area contributed by atoms with Crippen LogP contribution in [-0.4, -0.2) is 7.11 Å². The first kappa shape index (κ1) is 15.7. The molecule has 2 aromatic rings. The van der Waals surface area contributed by atoms with E-state index < -0.39 is 0 Å². The van der Waals surface area contributed by atoms with Gasteiger partial charge < -0.3 is 10.1 Å². The van der Waals surface area contributed by atoms with Crippen molar-refractivity contribution in [3.05, 3.63) is 58.6 Å². The fraction of sp³-hybridized carbons (Fsp3) is 0.333. The van der Waals surface area contributed by atoms with Crippen LogP contribution in [0.15, 0.2) is 42.5 Å². The lowest BCUT2D eigenvalue weighted by molar-refractivity contribution is 0.415. The molecule has 0 bridgehead atoms. The zero-order chi connectivity index (χ0) is 15.2. The highest BCUT2D eigenvalue weighted by molar-refractivity contribution is 6.32. The molecule has 1 N–H and O–H groups in total. The maximum absolute atomic E-state index is 6.06. The molecule has 0 fully saturated rings. The van der Waals surface area contributed by atoms with Crippen molar-refractivity contribution in [2.45, 2.75) is 32.7 Å². The number of hydrogen-bond acceptors (Lipinski definition) is 2. The third-order valence-electron chi connectivity index (χ3n) is 3.69. The number of methoxy groups -OCH3 is 1. The number of halogens is 1. The Morgan fingerprint density at radius 3 is 2.38 bits per heavy atom. The molecule has 0 saturated heterocycles. The molecule has 2 rings (SSSR count). The Morgan fingerprint density at radius 2 is 1.81 bits per heavy atom. The Hall–Kier alpha value is -1.67. The third-order valence-corrected chi connectivity index (χ3v) is 4.00. The summed E-state index contributed by atoms with van der Waals surface area (Å²) in [7, 11) is 1.63. The van der Waals surface area contributed by atoms with E-state index in [-0.39, 0.29) is 6.04 Å². The summed E-state index contributed by atoms with van der Waals surface area (Å²) in [6.45, 7) is 4.35. The first-order valence-electron chi connectivity index (χ1n) is 7.36. The van der Waals surface area contributed by atoms with Crippen molar-refractivity contribution >= 4 is 17.3 Å². The average Bonchev–Trinajstić information content (AvgIpc) is 2.54. The molecule has 0 aliphatic heterocycles. The molecule has 1 unspecified atom stereocenters. The van der Waals surface area contributed by atoms with Gasteiger partial charge in [0, 0.05) is 11.8 Å². The number of aryl methyl sites for hydroxylation is 1. The summed E-state index contributed by atoms with van der Waals surface area (Å²) in [6.07, 6.45) is 2.08. The van der Waals surface area contributed by atoms with Gasteiger partial charge in [0.25, 0.3) is 0 Å². The minimum Gasteiger partial charge on any atom is -0.495 e. The predicted molar refractivity (Wildman–Crippen MR) is 90.5 cm³/mol. The van der Waals surface area contributed by atoms with Crippen LogP contribution in [0.5, 0.6) is 5.75 Å². The topological polar surface area (TPSA) is 21.3 Å². The Bertz CT molecular complexity index is 580. The summed E-state index contributed by atoms with van der Waals surface area (Å²) in [5, 5.41) is 4.17. The van der Waals surface area contributed by atoms with Crippen molar-refractivity contribution in [2.75, 3.05) is 12.4 Å². The molecule has 0 aromatic heterocycles. The maximum Gasteiger partial charge on any atom is 0.139 e. The fourth-order valence-electron chi connectivity index (χ4n) is 2.36. The average molecular weight is 304 g/mol. The van der Waals surface area contributed by atoms with E-state index in [1.807, 2.05) is 18.2 Å². The minimum absolute atomic E-state index is 0.279. The smallest absolute Gasteiger partial charge is 0.139 e. The van der Waals surface area contributed by atoms with E-state index in [2.05, 4.69) is 43.4 Å². The molecule has 0 radical (unpaired) electrons. The number of nitrogens with one attached hydrogen (secondary N) is 1. The first-order chi connectivity index (χ1) is 10.2. The number of hydrogen-bond donors (Lipinski definition) is 1. The minimum atomic E-state index is 0.279. The van der Waals surface area contributed by atoms with Gasteiger partial charge in [0.2, 0.25) is 0 Å². The zero-order valence-corrected chi connectivity index (χ0v) is 13.6. The monoisotopic (exact) mass is 303 g/mol. The quantitative estimate of drug-likeness (QED) is 0.763. The molecule has 0 aliphatic rings. The lowest BCUT2D eigenvalue weighted by Crippen LogP contribution is -2.09. The second kappa shape index (κ2) is 7.37. The van der Waals surface area contributed by atoms with Crippen LogP contribution in [0.1, 0.15) is 37.4 Å². The fourth-order valence-corrected chi connectivity index (χ4v) is 2.55. The molecule has 0 spiro atoms. The second-order valence-electron chi connectivity index (χ2n) is 5.05. The zero-order valence-electron chi connectivity index (χ0n) is 12.8. The number of benzene rings is 2. The summed E-state index contributed by atoms with van der Waals surface area (Å²) in [4.78, 5) is 0. The van der Waals surface area contributed by atoms with Crippen LogP contribution in [0.4, 0.5) is 5.69 Å². The normalized spacial score (nSPS) is 12.0. The van der Waals surface area contributed by atoms with Crippen molar-refractivity contribution in [1.82, 2.24) is 0 Å². The Morgan fingerprint density at radius 1 is 1.10 bits per heavy atom. The Balaban J connectivity index is 2.18.